The maximum Gasteiger partial charge on any atom is 0.119 e. The second-order valence-electron chi connectivity index (χ2n) is 8.22. The van der Waals surface area contributed by atoms with Crippen molar-refractivity contribution in [3.05, 3.63) is 29.8 Å². The highest BCUT2D eigenvalue weighted by Crippen LogP contribution is 2.16. The maximum atomic E-state index is 10.4. The molecular weight excluding hydrogens is 362 g/mol. The van der Waals surface area contributed by atoms with Crippen LogP contribution in [-0.2, 0) is 6.54 Å². The van der Waals surface area contributed by atoms with Gasteiger partial charge in [0, 0.05) is 26.2 Å². The van der Waals surface area contributed by atoms with Gasteiger partial charge in [-0.3, -0.25) is 4.90 Å². The first-order valence-corrected chi connectivity index (χ1v) is 11.7. The molecule has 1 saturated heterocycles. The fourth-order valence-electron chi connectivity index (χ4n) is 4.03. The molecule has 166 valence electrons. The highest BCUT2D eigenvalue weighted by atomic mass is 16.5. The summed E-state index contributed by atoms with van der Waals surface area (Å²) in [7, 11) is 0. The first-order chi connectivity index (χ1) is 14.1. The van der Waals surface area contributed by atoms with E-state index in [4.69, 9.17) is 4.74 Å². The molecular formula is C24H43N3O2. The first-order valence-electron chi connectivity index (χ1n) is 11.7. The van der Waals surface area contributed by atoms with Crippen molar-refractivity contribution in [2.24, 2.45) is 0 Å². The highest BCUT2D eigenvalue weighted by Gasteiger charge is 2.14. The van der Waals surface area contributed by atoms with E-state index in [2.05, 4.69) is 53.7 Å². The normalized spacial score (nSPS) is 16.9. The van der Waals surface area contributed by atoms with Crippen molar-refractivity contribution in [3.63, 3.8) is 0 Å². The number of likely N-dealkylation sites (N-methyl/N-ethyl adjacent to an activating group) is 2. The van der Waals surface area contributed by atoms with E-state index in [1.165, 1.54) is 31.2 Å². The number of hydrogen-bond donors (Lipinski definition) is 1. The second kappa shape index (κ2) is 14.0. The average Bonchev–Trinajstić information content (AvgIpc) is 3.01. The van der Waals surface area contributed by atoms with Gasteiger partial charge in [0.15, 0.2) is 0 Å². The van der Waals surface area contributed by atoms with Gasteiger partial charge in [-0.25, -0.2) is 0 Å². The lowest BCUT2D eigenvalue weighted by molar-refractivity contribution is 0.0693. The van der Waals surface area contributed by atoms with Crippen LogP contribution in [-0.4, -0.2) is 84.9 Å². The Morgan fingerprint density at radius 1 is 0.966 bits per heavy atom. The van der Waals surface area contributed by atoms with Gasteiger partial charge in [0.25, 0.3) is 0 Å². The number of nitrogens with zero attached hydrogens (tertiary/aromatic N) is 3. The van der Waals surface area contributed by atoms with Gasteiger partial charge in [0.05, 0.1) is 0 Å². The maximum absolute atomic E-state index is 10.4. The van der Waals surface area contributed by atoms with Crippen LogP contribution >= 0.6 is 0 Å². The summed E-state index contributed by atoms with van der Waals surface area (Å²) in [5, 5.41) is 10.4. The SMILES string of the molecule is CCN(CC)CCN(CC)Cc1cccc(OCC(O)CN2CCCCCC2)c1. The number of rotatable bonds is 13. The van der Waals surface area contributed by atoms with E-state index in [1.807, 2.05) is 6.07 Å². The van der Waals surface area contributed by atoms with Crippen molar-refractivity contribution in [2.45, 2.75) is 59.1 Å². The van der Waals surface area contributed by atoms with E-state index in [0.29, 0.717) is 13.2 Å². The summed E-state index contributed by atoms with van der Waals surface area (Å²) in [6.45, 7) is 16.3. The van der Waals surface area contributed by atoms with E-state index in [0.717, 1.165) is 58.1 Å². The van der Waals surface area contributed by atoms with Crippen LogP contribution in [0.1, 0.15) is 52.0 Å². The van der Waals surface area contributed by atoms with Crippen LogP contribution in [0.2, 0.25) is 0 Å². The zero-order valence-corrected chi connectivity index (χ0v) is 19.0. The summed E-state index contributed by atoms with van der Waals surface area (Å²) in [5.74, 6) is 0.859. The molecule has 5 nitrogen and oxygen atoms in total. The molecule has 1 heterocycles. The topological polar surface area (TPSA) is 39.2 Å². The molecule has 5 heteroatoms. The number of aliphatic hydroxyl groups is 1. The zero-order chi connectivity index (χ0) is 20.9. The Bertz CT molecular complexity index is 543. The van der Waals surface area contributed by atoms with Crippen molar-refractivity contribution in [1.29, 1.82) is 0 Å². The van der Waals surface area contributed by atoms with E-state index >= 15 is 0 Å². The third kappa shape index (κ3) is 9.47. The Labute approximate surface area is 178 Å². The molecule has 1 N–H and O–H groups in total. The molecule has 29 heavy (non-hydrogen) atoms. The van der Waals surface area contributed by atoms with Crippen LogP contribution in [0.4, 0.5) is 0 Å². The number of aliphatic hydroxyl groups excluding tert-OH is 1. The Hall–Kier alpha value is -1.14. The molecule has 1 unspecified atom stereocenters. The van der Waals surface area contributed by atoms with Gasteiger partial charge in [0.1, 0.15) is 18.5 Å². The first kappa shape index (κ1) is 24.1. The van der Waals surface area contributed by atoms with E-state index in [1.54, 1.807) is 0 Å². The lowest BCUT2D eigenvalue weighted by Gasteiger charge is -2.25. The van der Waals surface area contributed by atoms with Gasteiger partial charge < -0.3 is 19.6 Å². The van der Waals surface area contributed by atoms with E-state index in [9.17, 15) is 5.11 Å². The summed E-state index contributed by atoms with van der Waals surface area (Å²) in [4.78, 5) is 7.33. The molecule has 0 bridgehead atoms. The van der Waals surface area contributed by atoms with Crippen LogP contribution in [0.5, 0.6) is 5.75 Å². The third-order valence-corrected chi connectivity index (χ3v) is 5.99. The Morgan fingerprint density at radius 2 is 1.62 bits per heavy atom. The second-order valence-corrected chi connectivity index (χ2v) is 8.22. The van der Waals surface area contributed by atoms with Gasteiger partial charge in [0.2, 0.25) is 0 Å². The van der Waals surface area contributed by atoms with Crippen LogP contribution in [0.15, 0.2) is 24.3 Å². The minimum atomic E-state index is -0.432. The number of hydrogen-bond acceptors (Lipinski definition) is 5. The van der Waals surface area contributed by atoms with Crippen LogP contribution < -0.4 is 4.74 Å². The zero-order valence-electron chi connectivity index (χ0n) is 19.0. The van der Waals surface area contributed by atoms with Crippen LogP contribution in [0.25, 0.3) is 0 Å². The number of likely N-dealkylation sites (tertiary alicyclic amines) is 1. The van der Waals surface area contributed by atoms with Gasteiger partial charge in [-0.05, 0) is 63.3 Å². The molecule has 1 aromatic carbocycles. The standard InChI is InChI=1S/C24H43N3O2/c1-4-25(5-2)16-17-26(6-3)19-22-12-11-13-24(18-22)29-21-23(28)20-27-14-9-7-8-10-15-27/h11-13,18,23,28H,4-10,14-17,19-21H2,1-3H3. The summed E-state index contributed by atoms with van der Waals surface area (Å²) in [6.07, 6.45) is 4.70. The summed E-state index contributed by atoms with van der Waals surface area (Å²) in [6, 6.07) is 8.34. The molecule has 1 fully saturated rings. The van der Waals surface area contributed by atoms with Crippen molar-refractivity contribution in [3.8, 4) is 5.75 Å². The summed E-state index contributed by atoms with van der Waals surface area (Å²) < 4.78 is 5.93. The van der Waals surface area contributed by atoms with Gasteiger partial charge in [-0.2, -0.15) is 0 Å². The van der Waals surface area contributed by atoms with Gasteiger partial charge in [-0.15, -0.1) is 0 Å². The molecule has 0 aromatic heterocycles. The number of ether oxygens (including phenoxy) is 1. The summed E-state index contributed by atoms with van der Waals surface area (Å²) in [5.41, 5.74) is 1.27. The lowest BCUT2D eigenvalue weighted by Crippen LogP contribution is -2.36. The fraction of sp³-hybridized carbons (Fsp3) is 0.750. The van der Waals surface area contributed by atoms with Crippen LogP contribution in [0.3, 0.4) is 0 Å². The van der Waals surface area contributed by atoms with Crippen molar-refractivity contribution in [1.82, 2.24) is 14.7 Å². The third-order valence-electron chi connectivity index (χ3n) is 5.99. The molecule has 1 aromatic rings. The molecule has 0 aliphatic carbocycles. The molecule has 0 radical (unpaired) electrons. The predicted molar refractivity (Wildman–Crippen MR) is 122 cm³/mol. The Balaban J connectivity index is 1.78. The predicted octanol–water partition coefficient (Wildman–Crippen LogP) is 3.47. The summed E-state index contributed by atoms with van der Waals surface area (Å²) >= 11 is 0. The van der Waals surface area contributed by atoms with Crippen molar-refractivity contribution in [2.75, 3.05) is 59.0 Å². The molecule has 0 amide bonds. The molecule has 0 spiro atoms. The molecule has 2 rings (SSSR count). The molecule has 1 aliphatic heterocycles. The smallest absolute Gasteiger partial charge is 0.119 e. The van der Waals surface area contributed by atoms with E-state index in [-0.39, 0.29) is 0 Å². The van der Waals surface area contributed by atoms with Crippen molar-refractivity contribution >= 4 is 0 Å². The highest BCUT2D eigenvalue weighted by molar-refractivity contribution is 5.28. The Kier molecular flexibility index (Phi) is 11.6. The molecule has 0 saturated carbocycles. The monoisotopic (exact) mass is 405 g/mol. The average molecular weight is 406 g/mol. The molecule has 1 atom stereocenters. The Morgan fingerprint density at radius 3 is 2.28 bits per heavy atom. The molecule has 1 aliphatic rings. The lowest BCUT2D eigenvalue weighted by atomic mass is 10.2. The largest absolute Gasteiger partial charge is 0.491 e. The van der Waals surface area contributed by atoms with Crippen molar-refractivity contribution < 1.29 is 9.84 Å². The number of β-amino-alcohol motifs (C(OH)–C–C–N with tert-alkyl or cyclic N) is 1. The van der Waals surface area contributed by atoms with E-state index < -0.39 is 6.10 Å². The fourth-order valence-corrected chi connectivity index (χ4v) is 4.03. The van der Waals surface area contributed by atoms with Gasteiger partial charge >= 0.3 is 0 Å². The van der Waals surface area contributed by atoms with Crippen LogP contribution in [0, 0.1) is 0 Å². The van der Waals surface area contributed by atoms with Gasteiger partial charge in [-0.1, -0.05) is 45.7 Å². The number of benzene rings is 1. The quantitative estimate of drug-likeness (QED) is 0.544. The minimum absolute atomic E-state index is 0.361. The minimum Gasteiger partial charge on any atom is -0.491 e.